The second-order valence-electron chi connectivity index (χ2n) is 9.65. The van der Waals surface area contributed by atoms with Crippen molar-refractivity contribution in [3.05, 3.63) is 59.7 Å². The van der Waals surface area contributed by atoms with Crippen molar-refractivity contribution in [3.63, 3.8) is 0 Å². The monoisotopic (exact) mass is 478 g/mol. The van der Waals surface area contributed by atoms with Crippen LogP contribution in [0, 0.1) is 5.92 Å². The van der Waals surface area contributed by atoms with E-state index in [1.807, 2.05) is 24.3 Å². The minimum absolute atomic E-state index is 0.0530. The number of nitrogens with one attached hydrogen (secondary N) is 1. The summed E-state index contributed by atoms with van der Waals surface area (Å²) in [6.45, 7) is 4.15. The molecule has 2 saturated heterocycles. The Bertz CT molecular complexity index is 1100. The zero-order valence-corrected chi connectivity index (χ0v) is 19.8. The number of carboxylic acids is 1. The highest BCUT2D eigenvalue weighted by atomic mass is 16.5. The minimum atomic E-state index is -1.03. The van der Waals surface area contributed by atoms with E-state index in [1.54, 1.807) is 13.8 Å². The molecule has 35 heavy (non-hydrogen) atoms. The van der Waals surface area contributed by atoms with Crippen molar-refractivity contribution in [1.29, 1.82) is 0 Å². The summed E-state index contributed by atoms with van der Waals surface area (Å²) in [7, 11) is 0. The van der Waals surface area contributed by atoms with Gasteiger partial charge in [0, 0.05) is 25.0 Å². The van der Waals surface area contributed by atoms with Gasteiger partial charge in [0.2, 0.25) is 5.91 Å². The average Bonchev–Trinajstić information content (AvgIpc) is 3.53. The number of nitrogens with zero attached hydrogens (tertiary/aromatic N) is 1. The van der Waals surface area contributed by atoms with Crippen LogP contribution in [0.4, 0.5) is 4.79 Å². The Morgan fingerprint density at radius 2 is 1.71 bits per heavy atom. The molecule has 2 aromatic rings. The zero-order chi connectivity index (χ0) is 24.7. The second kappa shape index (κ2) is 9.34. The topological polar surface area (TPSA) is 105 Å². The molecule has 2 aliphatic heterocycles. The van der Waals surface area contributed by atoms with Crippen LogP contribution in [-0.2, 0) is 19.1 Å². The van der Waals surface area contributed by atoms with Crippen LogP contribution in [0.15, 0.2) is 48.5 Å². The van der Waals surface area contributed by atoms with Gasteiger partial charge in [0.25, 0.3) is 0 Å². The Morgan fingerprint density at radius 1 is 1.09 bits per heavy atom. The van der Waals surface area contributed by atoms with Crippen molar-refractivity contribution in [1.82, 2.24) is 10.2 Å². The summed E-state index contributed by atoms with van der Waals surface area (Å²) in [4.78, 5) is 39.2. The van der Waals surface area contributed by atoms with Gasteiger partial charge in [0.1, 0.15) is 12.6 Å². The van der Waals surface area contributed by atoms with Gasteiger partial charge in [-0.25, -0.2) is 9.59 Å². The van der Waals surface area contributed by atoms with Crippen molar-refractivity contribution >= 4 is 18.0 Å². The predicted octanol–water partition coefficient (Wildman–Crippen LogP) is 3.39. The minimum Gasteiger partial charge on any atom is -0.480 e. The van der Waals surface area contributed by atoms with Crippen LogP contribution >= 0.6 is 0 Å². The highest BCUT2D eigenvalue weighted by molar-refractivity contribution is 5.87. The summed E-state index contributed by atoms with van der Waals surface area (Å²) in [5, 5.41) is 12.4. The SMILES string of the molecule is CC(NC(=O)OCC1c2ccccc2-c2ccccc21)C(C)C(=O)N1C(C(=O)O)C[C@H]2OCC[C@H]21. The normalized spacial score (nSPS) is 24.3. The molecule has 5 rings (SSSR count). The molecule has 2 aromatic carbocycles. The smallest absolute Gasteiger partial charge is 0.407 e. The van der Waals surface area contributed by atoms with E-state index in [2.05, 4.69) is 29.6 Å². The number of amides is 2. The number of alkyl carbamates (subject to hydrolysis) is 1. The zero-order valence-electron chi connectivity index (χ0n) is 19.8. The van der Waals surface area contributed by atoms with Gasteiger partial charge < -0.3 is 24.8 Å². The van der Waals surface area contributed by atoms with Gasteiger partial charge in [-0.2, -0.15) is 0 Å². The van der Waals surface area contributed by atoms with Crippen LogP contribution in [0.25, 0.3) is 11.1 Å². The molecule has 0 saturated carbocycles. The lowest BCUT2D eigenvalue weighted by atomic mass is 9.98. The van der Waals surface area contributed by atoms with Crippen LogP contribution in [-0.4, -0.2) is 65.4 Å². The predicted molar refractivity (Wildman–Crippen MR) is 128 cm³/mol. The number of carboxylic acid groups (broad SMARTS) is 1. The van der Waals surface area contributed by atoms with Crippen LogP contribution < -0.4 is 5.32 Å². The summed E-state index contributed by atoms with van der Waals surface area (Å²) in [6.07, 6.45) is 0.0863. The lowest BCUT2D eigenvalue weighted by Gasteiger charge is -2.31. The fourth-order valence-corrected chi connectivity index (χ4v) is 5.68. The number of aliphatic carboxylic acids is 1. The maximum atomic E-state index is 13.3. The van der Waals surface area contributed by atoms with Gasteiger partial charge in [0.15, 0.2) is 0 Å². The Balaban J connectivity index is 1.21. The fourth-order valence-electron chi connectivity index (χ4n) is 5.68. The molecule has 0 radical (unpaired) electrons. The number of benzene rings is 2. The first-order valence-electron chi connectivity index (χ1n) is 12.1. The summed E-state index contributed by atoms with van der Waals surface area (Å²) >= 11 is 0. The van der Waals surface area contributed by atoms with Crippen molar-refractivity contribution in [3.8, 4) is 11.1 Å². The summed E-state index contributed by atoms with van der Waals surface area (Å²) in [5.74, 6) is -1.98. The molecule has 2 heterocycles. The standard InChI is InChI=1S/C27H30N2O6/c1-15(25(30)29-22-11-12-34-24(22)13-23(29)26(31)32)16(2)28-27(33)35-14-21-19-9-5-3-7-17(19)18-8-4-6-10-20(18)21/h3-10,15-16,21-24H,11-14H2,1-2H3,(H,28,33)(H,31,32)/t15?,16?,22-,23?,24-/m1/s1. The number of fused-ring (bicyclic) bond motifs is 4. The van der Waals surface area contributed by atoms with Crippen LogP contribution in [0.3, 0.4) is 0 Å². The van der Waals surface area contributed by atoms with E-state index >= 15 is 0 Å². The fraction of sp³-hybridized carbons (Fsp3) is 0.444. The Labute approximate surface area is 204 Å². The van der Waals surface area contributed by atoms with E-state index in [4.69, 9.17) is 9.47 Å². The third-order valence-electron chi connectivity index (χ3n) is 7.69. The summed E-state index contributed by atoms with van der Waals surface area (Å²) < 4.78 is 11.2. The average molecular weight is 479 g/mol. The van der Waals surface area contributed by atoms with Crippen molar-refractivity contribution in [2.24, 2.45) is 5.92 Å². The van der Waals surface area contributed by atoms with Gasteiger partial charge >= 0.3 is 12.1 Å². The first-order valence-corrected chi connectivity index (χ1v) is 12.1. The maximum absolute atomic E-state index is 13.3. The molecule has 8 nitrogen and oxygen atoms in total. The Kier molecular flexibility index (Phi) is 6.23. The molecule has 2 amide bonds. The molecule has 2 fully saturated rings. The van der Waals surface area contributed by atoms with E-state index in [9.17, 15) is 19.5 Å². The van der Waals surface area contributed by atoms with Gasteiger partial charge in [0.05, 0.1) is 18.1 Å². The number of rotatable bonds is 6. The van der Waals surface area contributed by atoms with Crippen molar-refractivity contribution in [2.45, 2.75) is 56.8 Å². The molecule has 0 spiro atoms. The van der Waals surface area contributed by atoms with E-state index in [-0.39, 0.29) is 30.6 Å². The molecule has 3 aliphatic rings. The largest absolute Gasteiger partial charge is 0.480 e. The lowest BCUT2D eigenvalue weighted by Crippen LogP contribution is -2.51. The van der Waals surface area contributed by atoms with Crippen LogP contribution in [0.2, 0.25) is 0 Å². The van der Waals surface area contributed by atoms with E-state index in [0.717, 1.165) is 22.3 Å². The molecule has 2 N–H and O–H groups in total. The molecule has 3 unspecified atom stereocenters. The second-order valence-corrected chi connectivity index (χ2v) is 9.65. The lowest BCUT2D eigenvalue weighted by molar-refractivity contribution is -0.151. The third-order valence-corrected chi connectivity index (χ3v) is 7.69. The highest BCUT2D eigenvalue weighted by Crippen LogP contribution is 2.44. The van der Waals surface area contributed by atoms with Crippen molar-refractivity contribution in [2.75, 3.05) is 13.2 Å². The quantitative estimate of drug-likeness (QED) is 0.660. The number of hydrogen-bond donors (Lipinski definition) is 2. The number of likely N-dealkylation sites (tertiary alicyclic amines) is 1. The number of ether oxygens (including phenoxy) is 2. The molecule has 5 atom stereocenters. The number of carbonyl (C=O) groups is 3. The van der Waals surface area contributed by atoms with E-state index < -0.39 is 30.1 Å². The van der Waals surface area contributed by atoms with Gasteiger partial charge in [-0.05, 0) is 35.6 Å². The highest BCUT2D eigenvalue weighted by Gasteiger charge is 2.51. The van der Waals surface area contributed by atoms with Crippen LogP contribution in [0.1, 0.15) is 43.7 Å². The van der Waals surface area contributed by atoms with Gasteiger partial charge in [-0.3, -0.25) is 4.79 Å². The summed E-state index contributed by atoms with van der Waals surface area (Å²) in [5.41, 5.74) is 4.55. The first kappa shape index (κ1) is 23.4. The van der Waals surface area contributed by atoms with Gasteiger partial charge in [-0.1, -0.05) is 55.5 Å². The molecule has 8 heteroatoms. The Morgan fingerprint density at radius 3 is 2.34 bits per heavy atom. The molecule has 184 valence electrons. The van der Waals surface area contributed by atoms with Crippen molar-refractivity contribution < 1.29 is 29.0 Å². The molecule has 1 aliphatic carbocycles. The molecule has 0 aromatic heterocycles. The van der Waals surface area contributed by atoms with E-state index in [0.29, 0.717) is 19.4 Å². The van der Waals surface area contributed by atoms with E-state index in [1.165, 1.54) is 4.90 Å². The third kappa shape index (κ3) is 4.16. The number of carbonyl (C=O) groups excluding carboxylic acids is 2. The maximum Gasteiger partial charge on any atom is 0.407 e. The molecular weight excluding hydrogens is 448 g/mol. The Hall–Kier alpha value is -3.39. The molecular formula is C27H30N2O6. The van der Waals surface area contributed by atoms with Gasteiger partial charge in [-0.15, -0.1) is 0 Å². The molecule has 0 bridgehead atoms. The number of hydrogen-bond acceptors (Lipinski definition) is 5. The van der Waals surface area contributed by atoms with Crippen LogP contribution in [0.5, 0.6) is 0 Å². The summed E-state index contributed by atoms with van der Waals surface area (Å²) in [6, 6.07) is 14.6. The first-order chi connectivity index (χ1) is 16.9.